The van der Waals surface area contributed by atoms with Crippen molar-refractivity contribution in [3.63, 3.8) is 0 Å². The lowest BCUT2D eigenvalue weighted by Crippen LogP contribution is -2.32. The van der Waals surface area contributed by atoms with Crippen molar-refractivity contribution in [1.29, 1.82) is 0 Å². The molecule has 1 aromatic heterocycles. The van der Waals surface area contributed by atoms with Gasteiger partial charge in [0.15, 0.2) is 0 Å². The molecule has 108 valence electrons. The van der Waals surface area contributed by atoms with Crippen molar-refractivity contribution in [3.8, 4) is 0 Å². The lowest BCUT2D eigenvalue weighted by molar-refractivity contribution is 0.318. The Balaban J connectivity index is 1.89. The standard InChI is InChI=1S/C19H22N2/c1-13-7-8-14-15-11-16(15)19(2,3)12-21(17(14)10-13)18-6-4-5-9-20-18/h4-10,15-16H,11-12H2,1-3H3. The van der Waals surface area contributed by atoms with Gasteiger partial charge < -0.3 is 4.90 Å². The summed E-state index contributed by atoms with van der Waals surface area (Å²) in [7, 11) is 0. The maximum Gasteiger partial charge on any atom is 0.132 e. The molecule has 2 aliphatic rings. The number of nitrogens with zero attached hydrogens (tertiary/aromatic N) is 2. The Morgan fingerprint density at radius 1 is 1.19 bits per heavy atom. The number of fused-ring (bicyclic) bond motifs is 3. The lowest BCUT2D eigenvalue weighted by atomic mass is 9.86. The molecule has 1 aliphatic carbocycles. The van der Waals surface area contributed by atoms with Crippen LogP contribution < -0.4 is 4.90 Å². The second-order valence-electron chi connectivity index (χ2n) is 7.27. The quantitative estimate of drug-likeness (QED) is 0.753. The molecule has 0 saturated heterocycles. The van der Waals surface area contributed by atoms with Crippen molar-refractivity contribution in [2.24, 2.45) is 11.3 Å². The first-order valence-corrected chi connectivity index (χ1v) is 7.85. The number of anilines is 2. The van der Waals surface area contributed by atoms with Gasteiger partial charge in [0.1, 0.15) is 5.82 Å². The molecular weight excluding hydrogens is 256 g/mol. The summed E-state index contributed by atoms with van der Waals surface area (Å²) in [6.07, 6.45) is 3.24. The highest BCUT2D eigenvalue weighted by Crippen LogP contribution is 2.61. The minimum absolute atomic E-state index is 0.328. The summed E-state index contributed by atoms with van der Waals surface area (Å²) in [6, 6.07) is 13.1. The highest BCUT2D eigenvalue weighted by molar-refractivity contribution is 5.68. The zero-order valence-corrected chi connectivity index (χ0v) is 13.0. The van der Waals surface area contributed by atoms with Crippen LogP contribution in [0.15, 0.2) is 42.6 Å². The third-order valence-electron chi connectivity index (χ3n) is 5.16. The first-order chi connectivity index (χ1) is 10.1. The number of aryl methyl sites for hydroxylation is 1. The van der Waals surface area contributed by atoms with E-state index in [9.17, 15) is 0 Å². The van der Waals surface area contributed by atoms with E-state index in [1.54, 1.807) is 0 Å². The third-order valence-corrected chi connectivity index (χ3v) is 5.16. The second-order valence-corrected chi connectivity index (χ2v) is 7.27. The second kappa shape index (κ2) is 4.33. The summed E-state index contributed by atoms with van der Waals surface area (Å²) in [5.41, 5.74) is 4.54. The summed E-state index contributed by atoms with van der Waals surface area (Å²) in [4.78, 5) is 7.03. The average Bonchev–Trinajstić information content (AvgIpc) is 3.26. The smallest absolute Gasteiger partial charge is 0.132 e. The van der Waals surface area contributed by atoms with Gasteiger partial charge in [0, 0.05) is 18.4 Å². The number of aromatic nitrogens is 1. The molecule has 2 atom stereocenters. The van der Waals surface area contributed by atoms with Gasteiger partial charge in [-0.15, -0.1) is 0 Å². The van der Waals surface area contributed by atoms with E-state index in [1.807, 2.05) is 12.3 Å². The van der Waals surface area contributed by atoms with Gasteiger partial charge in [-0.2, -0.15) is 0 Å². The van der Waals surface area contributed by atoms with Crippen LogP contribution in [0.4, 0.5) is 11.5 Å². The van der Waals surface area contributed by atoms with Gasteiger partial charge in [0.2, 0.25) is 0 Å². The molecule has 0 bridgehead atoms. The van der Waals surface area contributed by atoms with E-state index in [0.29, 0.717) is 5.41 Å². The minimum Gasteiger partial charge on any atom is -0.326 e. The molecule has 21 heavy (non-hydrogen) atoms. The maximum absolute atomic E-state index is 4.60. The van der Waals surface area contributed by atoms with Gasteiger partial charge >= 0.3 is 0 Å². The van der Waals surface area contributed by atoms with E-state index in [2.05, 4.69) is 61.0 Å². The SMILES string of the molecule is Cc1ccc2c(c1)N(c1ccccn1)CC(C)(C)C1CC21. The first-order valence-electron chi connectivity index (χ1n) is 7.85. The number of hydrogen-bond donors (Lipinski definition) is 0. The van der Waals surface area contributed by atoms with E-state index in [1.165, 1.54) is 23.2 Å². The van der Waals surface area contributed by atoms with E-state index in [4.69, 9.17) is 0 Å². The lowest BCUT2D eigenvalue weighted by Gasteiger charge is -2.32. The van der Waals surface area contributed by atoms with E-state index in [-0.39, 0.29) is 0 Å². The fourth-order valence-electron chi connectivity index (χ4n) is 3.93. The Bertz CT molecular complexity index is 675. The molecule has 2 nitrogen and oxygen atoms in total. The highest BCUT2D eigenvalue weighted by Gasteiger charge is 2.52. The zero-order chi connectivity index (χ0) is 14.6. The number of hydrogen-bond acceptors (Lipinski definition) is 2. The summed E-state index contributed by atoms with van der Waals surface area (Å²) < 4.78 is 0. The summed E-state index contributed by atoms with van der Waals surface area (Å²) in [5.74, 6) is 2.62. The van der Waals surface area contributed by atoms with Crippen LogP contribution in [0.5, 0.6) is 0 Å². The van der Waals surface area contributed by atoms with Crippen molar-refractivity contribution in [1.82, 2.24) is 4.98 Å². The summed E-state index contributed by atoms with van der Waals surface area (Å²) >= 11 is 0. The summed E-state index contributed by atoms with van der Waals surface area (Å²) in [6.45, 7) is 8.04. The molecule has 2 unspecified atom stereocenters. The Hall–Kier alpha value is -1.83. The molecule has 1 saturated carbocycles. The van der Waals surface area contributed by atoms with Gasteiger partial charge in [-0.1, -0.05) is 32.0 Å². The Kier molecular flexibility index (Phi) is 2.66. The van der Waals surface area contributed by atoms with Crippen LogP contribution in [-0.4, -0.2) is 11.5 Å². The Morgan fingerprint density at radius 3 is 2.81 bits per heavy atom. The van der Waals surface area contributed by atoms with Gasteiger partial charge in [-0.25, -0.2) is 4.98 Å². The number of benzene rings is 1. The fraction of sp³-hybridized carbons (Fsp3) is 0.421. The Morgan fingerprint density at radius 2 is 2.05 bits per heavy atom. The van der Waals surface area contributed by atoms with Gasteiger partial charge in [-0.3, -0.25) is 0 Å². The van der Waals surface area contributed by atoms with Gasteiger partial charge in [0.25, 0.3) is 0 Å². The van der Waals surface area contributed by atoms with E-state index >= 15 is 0 Å². The van der Waals surface area contributed by atoms with Crippen molar-refractivity contribution in [2.75, 3.05) is 11.4 Å². The van der Waals surface area contributed by atoms with Crippen LogP contribution in [0.3, 0.4) is 0 Å². The fourth-order valence-corrected chi connectivity index (χ4v) is 3.93. The molecule has 0 radical (unpaired) electrons. The van der Waals surface area contributed by atoms with Gasteiger partial charge in [0.05, 0.1) is 0 Å². The normalized spacial score (nSPS) is 25.8. The van der Waals surface area contributed by atoms with E-state index in [0.717, 1.165) is 24.2 Å². The molecular formula is C19H22N2. The van der Waals surface area contributed by atoms with Crippen molar-refractivity contribution in [3.05, 3.63) is 53.7 Å². The predicted molar refractivity (Wildman–Crippen MR) is 87.1 cm³/mol. The van der Waals surface area contributed by atoms with Gasteiger partial charge in [-0.05, 0) is 59.9 Å². The molecule has 2 aromatic rings. The molecule has 1 fully saturated rings. The summed E-state index contributed by atoms with van der Waals surface area (Å²) in [5, 5.41) is 0. The van der Waals surface area contributed by atoms with Crippen LogP contribution in [0.25, 0.3) is 0 Å². The zero-order valence-electron chi connectivity index (χ0n) is 13.0. The number of rotatable bonds is 1. The van der Waals surface area contributed by atoms with Crippen molar-refractivity contribution < 1.29 is 0 Å². The maximum atomic E-state index is 4.60. The molecule has 2 heterocycles. The first kappa shape index (κ1) is 12.9. The van der Waals surface area contributed by atoms with Crippen LogP contribution in [0.2, 0.25) is 0 Å². The molecule has 2 heteroatoms. The molecule has 0 N–H and O–H groups in total. The van der Waals surface area contributed by atoms with Crippen LogP contribution in [0, 0.1) is 18.3 Å². The largest absolute Gasteiger partial charge is 0.326 e. The van der Waals surface area contributed by atoms with Crippen molar-refractivity contribution >= 4 is 11.5 Å². The van der Waals surface area contributed by atoms with Crippen LogP contribution in [0.1, 0.15) is 37.3 Å². The van der Waals surface area contributed by atoms with E-state index < -0.39 is 0 Å². The minimum atomic E-state index is 0.328. The molecule has 0 amide bonds. The predicted octanol–water partition coefficient (Wildman–Crippen LogP) is 4.67. The average molecular weight is 278 g/mol. The van der Waals surface area contributed by atoms with Crippen molar-refractivity contribution in [2.45, 2.75) is 33.1 Å². The molecule has 4 rings (SSSR count). The highest BCUT2D eigenvalue weighted by atomic mass is 15.2. The number of pyridine rings is 1. The molecule has 1 aliphatic heterocycles. The Labute approximate surface area is 126 Å². The monoisotopic (exact) mass is 278 g/mol. The van der Waals surface area contributed by atoms with Crippen LogP contribution >= 0.6 is 0 Å². The van der Waals surface area contributed by atoms with Crippen LogP contribution in [-0.2, 0) is 0 Å². The molecule has 0 spiro atoms. The third kappa shape index (κ3) is 2.05. The molecule has 1 aromatic carbocycles. The topological polar surface area (TPSA) is 16.1 Å².